The molecule has 0 radical (unpaired) electrons. The van der Waals surface area contributed by atoms with Gasteiger partial charge in [-0.15, -0.1) is 0 Å². The van der Waals surface area contributed by atoms with Gasteiger partial charge in [-0.1, -0.05) is 13.8 Å². The molecule has 5 nitrogen and oxygen atoms in total. The number of nitrogens with zero attached hydrogens (tertiary/aromatic N) is 1. The molecular formula is C8H14N4O. The van der Waals surface area contributed by atoms with Crippen LogP contribution in [0.25, 0.3) is 0 Å². The molecule has 1 rings (SSSR count). The molecule has 3 N–H and O–H groups in total. The van der Waals surface area contributed by atoms with E-state index in [1.165, 1.54) is 0 Å². The van der Waals surface area contributed by atoms with Crippen molar-refractivity contribution in [3.8, 4) is 0 Å². The van der Waals surface area contributed by atoms with Crippen molar-refractivity contribution in [1.29, 1.82) is 0 Å². The first-order chi connectivity index (χ1) is 6.18. The highest BCUT2D eigenvalue weighted by Gasteiger charge is 2.02. The fourth-order valence-electron chi connectivity index (χ4n) is 0.821. The number of carbonyl (C=O) groups is 1. The lowest BCUT2D eigenvalue weighted by atomic mass is 10.4. The molecule has 5 heteroatoms. The monoisotopic (exact) mass is 182 g/mol. The van der Waals surface area contributed by atoms with Gasteiger partial charge in [0.25, 0.3) is 0 Å². The molecule has 0 unspecified atom stereocenters. The Hall–Kier alpha value is -1.36. The van der Waals surface area contributed by atoms with Gasteiger partial charge in [-0.25, -0.2) is 0 Å². The number of nitrogens with one attached hydrogen (secondary N) is 3. The minimum atomic E-state index is -0.0601. The van der Waals surface area contributed by atoms with Gasteiger partial charge in [0.1, 0.15) is 0 Å². The first kappa shape index (κ1) is 9.73. The van der Waals surface area contributed by atoms with Crippen molar-refractivity contribution in [3.63, 3.8) is 0 Å². The number of anilines is 1. The number of aromatic nitrogens is 2. The summed E-state index contributed by atoms with van der Waals surface area (Å²) in [6.07, 6.45) is 3.19. The molecule has 13 heavy (non-hydrogen) atoms. The van der Waals surface area contributed by atoms with Gasteiger partial charge in [0.2, 0.25) is 5.91 Å². The van der Waals surface area contributed by atoms with E-state index >= 15 is 0 Å². The van der Waals surface area contributed by atoms with E-state index in [-0.39, 0.29) is 5.91 Å². The van der Waals surface area contributed by atoms with Crippen molar-refractivity contribution in [2.45, 2.75) is 19.9 Å². The molecule has 0 aliphatic rings. The normalized spacial score (nSPS) is 10.4. The lowest BCUT2D eigenvalue weighted by Crippen LogP contribution is -2.32. The van der Waals surface area contributed by atoms with Crippen molar-refractivity contribution in [2.24, 2.45) is 0 Å². The Kier molecular flexibility index (Phi) is 3.45. The highest BCUT2D eigenvalue weighted by atomic mass is 16.1. The summed E-state index contributed by atoms with van der Waals surface area (Å²) in [7, 11) is 0. The van der Waals surface area contributed by atoms with Crippen LogP contribution in [0.2, 0.25) is 0 Å². The smallest absolute Gasteiger partial charge is 0.238 e. The molecule has 0 saturated heterocycles. The fraction of sp³-hybridized carbons (Fsp3) is 0.500. The Morgan fingerprint density at radius 1 is 1.69 bits per heavy atom. The zero-order valence-corrected chi connectivity index (χ0v) is 7.79. The number of hydrogen-bond donors (Lipinski definition) is 3. The van der Waals surface area contributed by atoms with Gasteiger partial charge < -0.3 is 10.6 Å². The summed E-state index contributed by atoms with van der Waals surface area (Å²) >= 11 is 0. The van der Waals surface area contributed by atoms with Crippen LogP contribution in [0.15, 0.2) is 12.4 Å². The van der Waals surface area contributed by atoms with Crippen molar-refractivity contribution in [3.05, 3.63) is 12.4 Å². The lowest BCUT2D eigenvalue weighted by Gasteiger charge is -2.06. The van der Waals surface area contributed by atoms with Crippen LogP contribution in [0.3, 0.4) is 0 Å². The van der Waals surface area contributed by atoms with Crippen LogP contribution >= 0.6 is 0 Å². The summed E-state index contributed by atoms with van der Waals surface area (Å²) in [6, 6.07) is 0.315. The molecule has 0 aliphatic carbocycles. The molecule has 1 aromatic heterocycles. The Labute approximate surface area is 76.9 Å². The summed E-state index contributed by atoms with van der Waals surface area (Å²) < 4.78 is 0. The van der Waals surface area contributed by atoms with Gasteiger partial charge in [0, 0.05) is 12.2 Å². The number of aromatic amines is 1. The summed E-state index contributed by atoms with van der Waals surface area (Å²) in [5.41, 5.74) is 0.690. The van der Waals surface area contributed by atoms with Crippen molar-refractivity contribution >= 4 is 11.6 Å². The van der Waals surface area contributed by atoms with Crippen LogP contribution in [0.5, 0.6) is 0 Å². The van der Waals surface area contributed by atoms with Gasteiger partial charge in [-0.3, -0.25) is 9.89 Å². The maximum Gasteiger partial charge on any atom is 0.238 e. The summed E-state index contributed by atoms with van der Waals surface area (Å²) in [5.74, 6) is -0.0601. The van der Waals surface area contributed by atoms with E-state index in [0.717, 1.165) is 0 Å². The third-order valence-electron chi connectivity index (χ3n) is 1.45. The Bertz CT molecular complexity index is 255. The molecule has 0 aliphatic heterocycles. The minimum absolute atomic E-state index is 0.0601. The molecule has 0 spiro atoms. The predicted octanol–water partition coefficient (Wildman–Crippen LogP) is 0.346. The number of rotatable bonds is 4. The topological polar surface area (TPSA) is 69.8 Å². The van der Waals surface area contributed by atoms with Crippen molar-refractivity contribution < 1.29 is 4.79 Å². The maximum atomic E-state index is 11.2. The van der Waals surface area contributed by atoms with Crippen LogP contribution in [-0.4, -0.2) is 28.7 Å². The van der Waals surface area contributed by atoms with E-state index in [0.29, 0.717) is 18.3 Å². The summed E-state index contributed by atoms with van der Waals surface area (Å²) in [6.45, 7) is 4.30. The number of hydrogen-bond acceptors (Lipinski definition) is 3. The van der Waals surface area contributed by atoms with Crippen LogP contribution in [0.1, 0.15) is 13.8 Å². The largest absolute Gasteiger partial charge is 0.322 e. The predicted molar refractivity (Wildman–Crippen MR) is 50.4 cm³/mol. The van der Waals surface area contributed by atoms with Crippen molar-refractivity contribution in [2.75, 3.05) is 11.9 Å². The second kappa shape index (κ2) is 4.61. The minimum Gasteiger partial charge on any atom is -0.322 e. The van der Waals surface area contributed by atoms with E-state index in [1.54, 1.807) is 12.4 Å². The van der Waals surface area contributed by atoms with Gasteiger partial charge in [0.05, 0.1) is 18.4 Å². The quantitative estimate of drug-likeness (QED) is 0.629. The molecule has 0 fully saturated rings. The van der Waals surface area contributed by atoms with Gasteiger partial charge >= 0.3 is 0 Å². The van der Waals surface area contributed by atoms with Crippen LogP contribution in [0, 0.1) is 0 Å². The zero-order chi connectivity index (χ0) is 9.68. The Balaban J connectivity index is 2.26. The standard InChI is InChI=1S/C8H14N4O/c1-6(2)9-5-8(13)12-7-3-10-11-4-7/h3-4,6,9H,5H2,1-2H3,(H,10,11)(H,12,13). The summed E-state index contributed by atoms with van der Waals surface area (Å²) in [5, 5.41) is 12.0. The molecule has 1 amide bonds. The Morgan fingerprint density at radius 2 is 2.46 bits per heavy atom. The van der Waals surface area contributed by atoms with E-state index < -0.39 is 0 Å². The molecule has 0 saturated carbocycles. The first-order valence-corrected chi connectivity index (χ1v) is 4.20. The highest BCUT2D eigenvalue weighted by molar-refractivity contribution is 5.91. The number of carbonyl (C=O) groups excluding carboxylic acids is 1. The first-order valence-electron chi connectivity index (χ1n) is 4.20. The van der Waals surface area contributed by atoms with E-state index in [1.807, 2.05) is 13.8 Å². The third kappa shape index (κ3) is 3.71. The SMILES string of the molecule is CC(C)NCC(=O)Nc1cn[nH]c1. The average Bonchev–Trinajstić information content (AvgIpc) is 2.53. The third-order valence-corrected chi connectivity index (χ3v) is 1.45. The van der Waals surface area contributed by atoms with Crippen molar-refractivity contribution in [1.82, 2.24) is 15.5 Å². The molecule has 0 atom stereocenters. The van der Waals surface area contributed by atoms with Gasteiger partial charge in [0.15, 0.2) is 0 Å². The molecule has 1 heterocycles. The second-order valence-corrected chi connectivity index (χ2v) is 3.07. The Morgan fingerprint density at radius 3 is 3.00 bits per heavy atom. The number of amides is 1. The molecule has 72 valence electrons. The van der Waals surface area contributed by atoms with Gasteiger partial charge in [-0.05, 0) is 0 Å². The molecule has 0 aromatic carbocycles. The zero-order valence-electron chi connectivity index (χ0n) is 7.79. The van der Waals surface area contributed by atoms with E-state index in [4.69, 9.17) is 0 Å². The van der Waals surface area contributed by atoms with E-state index in [2.05, 4.69) is 20.8 Å². The average molecular weight is 182 g/mol. The highest BCUT2D eigenvalue weighted by Crippen LogP contribution is 1.99. The molecule has 0 bridgehead atoms. The van der Waals surface area contributed by atoms with Crippen LogP contribution in [-0.2, 0) is 4.79 Å². The maximum absolute atomic E-state index is 11.2. The summed E-state index contributed by atoms with van der Waals surface area (Å²) in [4.78, 5) is 11.2. The number of H-pyrrole nitrogens is 1. The van der Waals surface area contributed by atoms with E-state index in [9.17, 15) is 4.79 Å². The second-order valence-electron chi connectivity index (χ2n) is 3.07. The molecular weight excluding hydrogens is 168 g/mol. The van der Waals surface area contributed by atoms with Gasteiger partial charge in [-0.2, -0.15) is 5.10 Å². The van der Waals surface area contributed by atoms with Crippen LogP contribution in [0.4, 0.5) is 5.69 Å². The lowest BCUT2D eigenvalue weighted by molar-refractivity contribution is -0.115. The fourth-order valence-corrected chi connectivity index (χ4v) is 0.821. The molecule has 1 aromatic rings. The van der Waals surface area contributed by atoms with Crippen LogP contribution < -0.4 is 10.6 Å².